The highest BCUT2D eigenvalue weighted by Gasteiger charge is 2.09. The van der Waals surface area contributed by atoms with Gasteiger partial charge in [0.2, 0.25) is 5.91 Å². The van der Waals surface area contributed by atoms with Crippen molar-refractivity contribution in [2.75, 3.05) is 20.5 Å². The first-order valence-corrected chi connectivity index (χ1v) is 8.37. The van der Waals surface area contributed by atoms with E-state index in [1.165, 1.54) is 0 Å². The summed E-state index contributed by atoms with van der Waals surface area (Å²) in [6, 6.07) is 14.9. The van der Waals surface area contributed by atoms with Crippen molar-refractivity contribution in [1.29, 1.82) is 0 Å². The Morgan fingerprint density at radius 2 is 1.85 bits per heavy atom. The Labute approximate surface area is 153 Å². The molecule has 0 spiro atoms. The predicted molar refractivity (Wildman–Crippen MR) is 97.8 cm³/mol. The van der Waals surface area contributed by atoms with Gasteiger partial charge in [-0.15, -0.1) is 0 Å². The fraction of sp³-hybridized carbons (Fsp3) is 0.350. The van der Waals surface area contributed by atoms with Gasteiger partial charge in [0.25, 0.3) is 0 Å². The number of carbonyl (C=O) groups excluding carboxylic acids is 1. The van der Waals surface area contributed by atoms with Crippen molar-refractivity contribution in [1.82, 2.24) is 0 Å². The summed E-state index contributed by atoms with van der Waals surface area (Å²) in [5.41, 5.74) is 7.62. The minimum Gasteiger partial charge on any atom is -0.468 e. The van der Waals surface area contributed by atoms with Gasteiger partial charge in [-0.3, -0.25) is 4.79 Å². The maximum atomic E-state index is 11.5. The topological polar surface area (TPSA) is 80.0 Å². The molecule has 26 heavy (non-hydrogen) atoms. The highest BCUT2D eigenvalue weighted by molar-refractivity contribution is 5.93. The zero-order chi connectivity index (χ0) is 18.8. The Bertz CT molecular complexity index is 690. The molecule has 2 aromatic carbocycles. The molecule has 2 N–H and O–H groups in total. The summed E-state index contributed by atoms with van der Waals surface area (Å²) >= 11 is 0. The van der Waals surface area contributed by atoms with Crippen molar-refractivity contribution in [3.05, 3.63) is 65.2 Å². The molecule has 1 amide bonds. The Hall–Kier alpha value is -2.41. The highest BCUT2D eigenvalue weighted by atomic mass is 16.7. The number of hydrogen-bond donors (Lipinski definition) is 1. The minimum atomic E-state index is -0.521. The van der Waals surface area contributed by atoms with E-state index >= 15 is 0 Å². The van der Waals surface area contributed by atoms with Crippen LogP contribution in [-0.4, -0.2) is 32.5 Å². The van der Waals surface area contributed by atoms with E-state index in [2.05, 4.69) is 0 Å². The number of methoxy groups -OCH3 is 1. The molecule has 0 unspecified atom stereocenters. The number of ether oxygens (including phenoxy) is 4. The quantitative estimate of drug-likeness (QED) is 0.493. The SMILES string of the molecule is COC[C@H](C)OCc1cc(OCOCc2ccccc2)cc(C(N)=O)c1. The third kappa shape index (κ3) is 6.84. The number of carbonyl (C=O) groups is 1. The summed E-state index contributed by atoms with van der Waals surface area (Å²) in [5.74, 6) is -0.0146. The average molecular weight is 359 g/mol. The summed E-state index contributed by atoms with van der Waals surface area (Å²) in [6.07, 6.45) is -0.0594. The molecule has 0 bridgehead atoms. The molecular formula is C20H25NO5. The van der Waals surface area contributed by atoms with E-state index in [0.717, 1.165) is 11.1 Å². The van der Waals surface area contributed by atoms with E-state index in [0.29, 0.717) is 31.1 Å². The standard InChI is InChI=1S/C20H25NO5/c1-15(11-23-2)25-13-17-8-18(20(21)22)10-19(9-17)26-14-24-12-16-6-4-3-5-7-16/h3-10,15H,11-14H2,1-2H3,(H2,21,22)/t15-/m0/s1. The van der Waals surface area contributed by atoms with E-state index in [4.69, 9.17) is 24.7 Å². The summed E-state index contributed by atoms with van der Waals surface area (Å²) in [5, 5.41) is 0. The summed E-state index contributed by atoms with van der Waals surface area (Å²) in [4.78, 5) is 11.5. The van der Waals surface area contributed by atoms with E-state index in [-0.39, 0.29) is 12.9 Å². The van der Waals surface area contributed by atoms with Crippen LogP contribution < -0.4 is 10.5 Å². The summed E-state index contributed by atoms with van der Waals surface area (Å²) in [6.45, 7) is 3.24. The van der Waals surface area contributed by atoms with Crippen LogP contribution in [0.2, 0.25) is 0 Å². The molecule has 2 aromatic rings. The molecule has 6 heteroatoms. The molecule has 2 rings (SSSR count). The molecule has 0 heterocycles. The summed E-state index contributed by atoms with van der Waals surface area (Å²) in [7, 11) is 1.62. The molecule has 0 radical (unpaired) electrons. The first-order valence-electron chi connectivity index (χ1n) is 8.37. The third-order valence-electron chi connectivity index (χ3n) is 3.61. The Morgan fingerprint density at radius 1 is 1.08 bits per heavy atom. The maximum absolute atomic E-state index is 11.5. The molecule has 0 aliphatic heterocycles. The van der Waals surface area contributed by atoms with E-state index in [1.807, 2.05) is 37.3 Å². The van der Waals surface area contributed by atoms with Crippen molar-refractivity contribution in [2.45, 2.75) is 26.2 Å². The Morgan fingerprint density at radius 3 is 2.54 bits per heavy atom. The van der Waals surface area contributed by atoms with Gasteiger partial charge in [0, 0.05) is 12.7 Å². The first kappa shape index (κ1) is 19.9. The van der Waals surface area contributed by atoms with E-state index < -0.39 is 5.91 Å². The number of rotatable bonds is 11. The van der Waals surface area contributed by atoms with Crippen LogP contribution in [0, 0.1) is 0 Å². The summed E-state index contributed by atoms with van der Waals surface area (Å²) < 4.78 is 21.8. The highest BCUT2D eigenvalue weighted by Crippen LogP contribution is 2.19. The van der Waals surface area contributed by atoms with Gasteiger partial charge in [0.05, 0.1) is 25.9 Å². The fourth-order valence-electron chi connectivity index (χ4n) is 2.33. The maximum Gasteiger partial charge on any atom is 0.248 e. The van der Waals surface area contributed by atoms with Crippen LogP contribution >= 0.6 is 0 Å². The second-order valence-electron chi connectivity index (χ2n) is 5.90. The van der Waals surface area contributed by atoms with Crippen molar-refractivity contribution < 1.29 is 23.7 Å². The second-order valence-corrected chi connectivity index (χ2v) is 5.90. The molecular weight excluding hydrogens is 334 g/mol. The fourth-order valence-corrected chi connectivity index (χ4v) is 2.33. The van der Waals surface area contributed by atoms with Crippen LogP contribution in [0.4, 0.5) is 0 Å². The van der Waals surface area contributed by atoms with Gasteiger partial charge in [0.15, 0.2) is 6.79 Å². The van der Waals surface area contributed by atoms with Crippen LogP contribution in [0.1, 0.15) is 28.4 Å². The monoisotopic (exact) mass is 359 g/mol. The van der Waals surface area contributed by atoms with Gasteiger partial charge in [-0.1, -0.05) is 30.3 Å². The predicted octanol–water partition coefficient (Wildman–Crippen LogP) is 2.89. The molecule has 0 saturated heterocycles. The molecule has 140 valence electrons. The number of hydrogen-bond acceptors (Lipinski definition) is 5. The molecule has 0 aliphatic rings. The van der Waals surface area contributed by atoms with Gasteiger partial charge in [-0.2, -0.15) is 0 Å². The van der Waals surface area contributed by atoms with Crippen LogP contribution in [0.15, 0.2) is 48.5 Å². The lowest BCUT2D eigenvalue weighted by molar-refractivity contribution is -0.00149. The van der Waals surface area contributed by atoms with Gasteiger partial charge < -0.3 is 24.7 Å². The molecule has 0 aliphatic carbocycles. The second kappa shape index (κ2) is 10.6. The van der Waals surface area contributed by atoms with Crippen LogP contribution in [0.25, 0.3) is 0 Å². The molecule has 0 aromatic heterocycles. The van der Waals surface area contributed by atoms with E-state index in [1.54, 1.807) is 25.3 Å². The van der Waals surface area contributed by atoms with Crippen LogP contribution in [0.5, 0.6) is 5.75 Å². The molecule has 6 nitrogen and oxygen atoms in total. The lowest BCUT2D eigenvalue weighted by Gasteiger charge is -2.14. The Kier molecular flexibility index (Phi) is 8.08. The van der Waals surface area contributed by atoms with Crippen LogP contribution in [-0.2, 0) is 27.4 Å². The number of nitrogens with two attached hydrogens (primary N) is 1. The minimum absolute atomic E-state index is 0.0594. The van der Waals surface area contributed by atoms with E-state index in [9.17, 15) is 4.79 Å². The van der Waals surface area contributed by atoms with Crippen molar-refractivity contribution in [3.63, 3.8) is 0 Å². The Balaban J connectivity index is 1.92. The third-order valence-corrected chi connectivity index (χ3v) is 3.61. The molecule has 0 saturated carbocycles. The van der Waals surface area contributed by atoms with Crippen molar-refractivity contribution >= 4 is 5.91 Å². The number of benzene rings is 2. The average Bonchev–Trinajstić information content (AvgIpc) is 2.64. The van der Waals surface area contributed by atoms with Crippen LogP contribution in [0.3, 0.4) is 0 Å². The first-order chi connectivity index (χ1) is 12.6. The normalized spacial score (nSPS) is 11.9. The number of amides is 1. The van der Waals surface area contributed by atoms with Gasteiger partial charge in [-0.05, 0) is 36.2 Å². The lowest BCUT2D eigenvalue weighted by Crippen LogP contribution is -2.15. The van der Waals surface area contributed by atoms with Crippen molar-refractivity contribution in [2.24, 2.45) is 5.73 Å². The smallest absolute Gasteiger partial charge is 0.248 e. The van der Waals surface area contributed by atoms with Gasteiger partial charge in [0.1, 0.15) is 5.75 Å². The van der Waals surface area contributed by atoms with Gasteiger partial charge in [-0.25, -0.2) is 0 Å². The molecule has 1 atom stereocenters. The number of primary amides is 1. The van der Waals surface area contributed by atoms with Gasteiger partial charge >= 0.3 is 0 Å². The zero-order valence-electron chi connectivity index (χ0n) is 15.1. The van der Waals surface area contributed by atoms with Crippen molar-refractivity contribution in [3.8, 4) is 5.75 Å². The molecule has 0 fully saturated rings. The lowest BCUT2D eigenvalue weighted by atomic mass is 10.1. The largest absolute Gasteiger partial charge is 0.468 e. The zero-order valence-corrected chi connectivity index (χ0v) is 15.1.